The highest BCUT2D eigenvalue weighted by Crippen LogP contribution is 2.34. The fraction of sp³-hybridized carbons (Fsp3) is 1.00. The Morgan fingerprint density at radius 2 is 2.00 bits per heavy atom. The normalized spacial score (nSPS) is 40.5. The van der Waals surface area contributed by atoms with Crippen molar-refractivity contribution in [3.8, 4) is 0 Å². The lowest BCUT2D eigenvalue weighted by Crippen LogP contribution is -2.56. The minimum absolute atomic E-state index is 0.419. The Labute approximate surface area is 124 Å². The Kier molecular flexibility index (Phi) is 5.00. The molecule has 2 saturated heterocycles. The van der Waals surface area contributed by atoms with Crippen molar-refractivity contribution in [3.05, 3.63) is 0 Å². The van der Waals surface area contributed by atoms with Gasteiger partial charge in [-0.1, -0.05) is 26.7 Å². The van der Waals surface area contributed by atoms with Crippen molar-refractivity contribution in [3.63, 3.8) is 0 Å². The van der Waals surface area contributed by atoms with E-state index >= 15 is 0 Å². The van der Waals surface area contributed by atoms with Gasteiger partial charge in [-0.3, -0.25) is 4.90 Å². The van der Waals surface area contributed by atoms with Crippen molar-refractivity contribution in [1.29, 1.82) is 0 Å². The van der Waals surface area contributed by atoms with E-state index in [0.717, 1.165) is 37.6 Å². The molecule has 0 bridgehead atoms. The van der Waals surface area contributed by atoms with Crippen LogP contribution in [0, 0.1) is 11.8 Å². The van der Waals surface area contributed by atoms with Gasteiger partial charge in [-0.15, -0.1) is 0 Å². The predicted molar refractivity (Wildman–Crippen MR) is 82.9 cm³/mol. The van der Waals surface area contributed by atoms with Gasteiger partial charge >= 0.3 is 0 Å². The van der Waals surface area contributed by atoms with Crippen LogP contribution in [0.15, 0.2) is 0 Å². The van der Waals surface area contributed by atoms with Crippen LogP contribution in [-0.2, 0) is 4.74 Å². The molecule has 3 aliphatic rings. The van der Waals surface area contributed by atoms with Crippen LogP contribution >= 0.6 is 0 Å². The summed E-state index contributed by atoms with van der Waals surface area (Å²) in [4.78, 5) is 2.68. The second-order valence-corrected chi connectivity index (χ2v) is 7.27. The average Bonchev–Trinajstić information content (AvgIpc) is 2.93. The summed E-state index contributed by atoms with van der Waals surface area (Å²) >= 11 is 0. The molecule has 3 heteroatoms. The van der Waals surface area contributed by atoms with Gasteiger partial charge in [0.1, 0.15) is 0 Å². The maximum Gasteiger partial charge on any atom is 0.0858 e. The lowest BCUT2D eigenvalue weighted by molar-refractivity contribution is -0.0763. The first kappa shape index (κ1) is 14.8. The molecular weight excluding hydrogens is 248 g/mol. The molecule has 2 heterocycles. The molecule has 0 aromatic carbocycles. The van der Waals surface area contributed by atoms with Crippen LogP contribution < -0.4 is 5.32 Å². The van der Waals surface area contributed by atoms with Crippen LogP contribution in [-0.4, -0.2) is 49.3 Å². The van der Waals surface area contributed by atoms with Gasteiger partial charge in [-0.25, -0.2) is 0 Å². The van der Waals surface area contributed by atoms with Crippen LogP contribution in [0.3, 0.4) is 0 Å². The molecule has 1 N–H and O–H groups in total. The van der Waals surface area contributed by atoms with Gasteiger partial charge in [-0.2, -0.15) is 0 Å². The number of nitrogens with one attached hydrogen (secondary N) is 1. The van der Waals surface area contributed by atoms with E-state index < -0.39 is 0 Å². The smallest absolute Gasteiger partial charge is 0.0858 e. The summed E-state index contributed by atoms with van der Waals surface area (Å²) in [6.07, 6.45) is 8.73. The summed E-state index contributed by atoms with van der Waals surface area (Å²) in [6, 6.07) is 1.30. The molecular formula is C17H32N2O. The number of morpholine rings is 1. The molecule has 0 aromatic rings. The largest absolute Gasteiger partial charge is 0.374 e. The summed E-state index contributed by atoms with van der Waals surface area (Å²) in [5, 5.41) is 3.77. The van der Waals surface area contributed by atoms with E-state index in [1.165, 1.54) is 45.1 Å². The van der Waals surface area contributed by atoms with E-state index in [4.69, 9.17) is 4.74 Å². The maximum absolute atomic E-state index is 6.28. The van der Waals surface area contributed by atoms with Crippen molar-refractivity contribution < 1.29 is 4.74 Å². The third kappa shape index (κ3) is 3.20. The minimum atomic E-state index is 0.419. The van der Waals surface area contributed by atoms with Crippen molar-refractivity contribution in [1.82, 2.24) is 10.2 Å². The molecule has 0 aromatic heterocycles. The first-order valence-corrected chi connectivity index (χ1v) is 8.87. The second-order valence-electron chi connectivity index (χ2n) is 7.27. The average molecular weight is 280 g/mol. The zero-order valence-corrected chi connectivity index (χ0v) is 13.3. The van der Waals surface area contributed by atoms with Gasteiger partial charge in [0.15, 0.2) is 0 Å². The lowest BCUT2D eigenvalue weighted by Gasteiger charge is -2.43. The number of fused-ring (bicyclic) bond motifs is 1. The topological polar surface area (TPSA) is 24.5 Å². The van der Waals surface area contributed by atoms with Gasteiger partial charge in [-0.05, 0) is 50.6 Å². The highest BCUT2D eigenvalue weighted by molar-refractivity contribution is 4.93. The minimum Gasteiger partial charge on any atom is -0.374 e. The number of hydrogen-bond acceptors (Lipinski definition) is 3. The van der Waals surface area contributed by atoms with Gasteiger partial charge in [0.25, 0.3) is 0 Å². The molecule has 3 atom stereocenters. The monoisotopic (exact) mass is 280 g/mol. The van der Waals surface area contributed by atoms with E-state index in [0.29, 0.717) is 12.1 Å². The van der Waals surface area contributed by atoms with Crippen LogP contribution in [0.4, 0.5) is 0 Å². The Morgan fingerprint density at radius 3 is 2.75 bits per heavy atom. The van der Waals surface area contributed by atoms with Crippen LogP contribution in [0.5, 0.6) is 0 Å². The summed E-state index contributed by atoms with van der Waals surface area (Å²) in [5.74, 6) is 1.76. The van der Waals surface area contributed by atoms with Crippen LogP contribution in [0.2, 0.25) is 0 Å². The van der Waals surface area contributed by atoms with Crippen LogP contribution in [0.25, 0.3) is 0 Å². The molecule has 0 spiro atoms. The molecule has 1 saturated carbocycles. The fourth-order valence-electron chi connectivity index (χ4n) is 4.54. The van der Waals surface area contributed by atoms with Gasteiger partial charge in [0.05, 0.1) is 12.7 Å². The molecule has 3 nitrogen and oxygen atoms in total. The van der Waals surface area contributed by atoms with Crippen molar-refractivity contribution >= 4 is 0 Å². The molecule has 0 radical (unpaired) electrons. The first-order valence-electron chi connectivity index (χ1n) is 8.87. The van der Waals surface area contributed by atoms with E-state index in [-0.39, 0.29) is 0 Å². The van der Waals surface area contributed by atoms with E-state index in [1.807, 2.05) is 0 Å². The fourth-order valence-corrected chi connectivity index (χ4v) is 4.54. The van der Waals surface area contributed by atoms with Gasteiger partial charge < -0.3 is 10.1 Å². The SMILES string of the molecule is CCNC(C1CCC(C)CC1)C1CN2CCCC2CO1. The quantitative estimate of drug-likeness (QED) is 0.857. The molecule has 3 fully saturated rings. The van der Waals surface area contributed by atoms with Crippen LogP contribution in [0.1, 0.15) is 52.4 Å². The molecule has 0 amide bonds. The molecule has 1 aliphatic carbocycles. The number of ether oxygens (including phenoxy) is 1. The highest BCUT2D eigenvalue weighted by atomic mass is 16.5. The van der Waals surface area contributed by atoms with Gasteiger partial charge in [0.2, 0.25) is 0 Å². The number of nitrogens with zero attached hydrogens (tertiary/aromatic N) is 1. The molecule has 3 rings (SSSR count). The Bertz CT molecular complexity index is 301. The predicted octanol–water partition coefficient (Wildman–Crippen LogP) is 2.65. The summed E-state index contributed by atoms with van der Waals surface area (Å²) < 4.78 is 6.28. The van der Waals surface area contributed by atoms with Crippen molar-refractivity contribution in [2.75, 3.05) is 26.2 Å². The number of rotatable bonds is 4. The Morgan fingerprint density at radius 1 is 1.20 bits per heavy atom. The van der Waals surface area contributed by atoms with Crippen molar-refractivity contribution in [2.45, 2.75) is 70.6 Å². The molecule has 2 aliphatic heterocycles. The third-order valence-corrected chi connectivity index (χ3v) is 5.82. The molecule has 116 valence electrons. The zero-order valence-electron chi connectivity index (χ0n) is 13.3. The van der Waals surface area contributed by atoms with Gasteiger partial charge in [0, 0.05) is 18.6 Å². The Hall–Kier alpha value is -0.120. The molecule has 20 heavy (non-hydrogen) atoms. The van der Waals surface area contributed by atoms with Crippen molar-refractivity contribution in [2.24, 2.45) is 11.8 Å². The second kappa shape index (κ2) is 6.76. The third-order valence-electron chi connectivity index (χ3n) is 5.82. The number of likely N-dealkylation sites (N-methyl/N-ethyl adjacent to an activating group) is 1. The maximum atomic E-state index is 6.28. The standard InChI is InChI=1S/C17H32N2O/c1-3-18-17(14-8-6-13(2)7-9-14)16-11-19-10-4-5-15(19)12-20-16/h13-18H,3-12H2,1-2H3. The summed E-state index contributed by atoms with van der Waals surface area (Å²) in [5.41, 5.74) is 0. The number of hydrogen-bond donors (Lipinski definition) is 1. The van der Waals surface area contributed by atoms with E-state index in [9.17, 15) is 0 Å². The summed E-state index contributed by atoms with van der Waals surface area (Å²) in [7, 11) is 0. The lowest BCUT2D eigenvalue weighted by atomic mass is 9.77. The first-order chi connectivity index (χ1) is 9.78. The summed E-state index contributed by atoms with van der Waals surface area (Å²) in [6.45, 7) is 9.14. The highest BCUT2D eigenvalue weighted by Gasteiger charge is 2.38. The van der Waals surface area contributed by atoms with E-state index in [1.54, 1.807) is 0 Å². The Balaban J connectivity index is 1.61. The van der Waals surface area contributed by atoms with E-state index in [2.05, 4.69) is 24.1 Å². The molecule has 3 unspecified atom stereocenters. The zero-order chi connectivity index (χ0) is 13.9.